The molecule has 0 aliphatic heterocycles. The molecule has 1 aliphatic rings. The second-order valence-corrected chi connectivity index (χ2v) is 8.95. The fourth-order valence-corrected chi connectivity index (χ4v) is 4.52. The first-order valence-corrected chi connectivity index (χ1v) is 11.5. The lowest BCUT2D eigenvalue weighted by molar-refractivity contribution is -0.142. The summed E-state index contributed by atoms with van der Waals surface area (Å²) >= 11 is 0. The molecule has 3 aromatic rings. The van der Waals surface area contributed by atoms with Crippen LogP contribution in [0.2, 0.25) is 0 Å². The number of carboxylic acids is 1. The minimum Gasteiger partial charge on any atom is -0.480 e. The summed E-state index contributed by atoms with van der Waals surface area (Å²) in [5, 5.41) is 13.6. The molecule has 6 nitrogen and oxygen atoms in total. The summed E-state index contributed by atoms with van der Waals surface area (Å²) in [4.78, 5) is 23.6. The molecular weight excluding hydrogens is 416 g/mol. The molecule has 1 aliphatic carbocycles. The zero-order valence-corrected chi connectivity index (χ0v) is 18.9. The molecule has 0 bridgehead atoms. The van der Waals surface area contributed by atoms with Gasteiger partial charge in [0.2, 0.25) is 0 Å². The van der Waals surface area contributed by atoms with Gasteiger partial charge >= 0.3 is 5.97 Å². The molecule has 2 aromatic carbocycles. The predicted octanol–water partition coefficient (Wildman–Crippen LogP) is 4.79. The van der Waals surface area contributed by atoms with Crippen molar-refractivity contribution in [1.29, 1.82) is 0 Å². The molecule has 0 spiro atoms. The molecule has 0 amide bonds. The third kappa shape index (κ3) is 5.96. The van der Waals surface area contributed by atoms with E-state index in [9.17, 15) is 9.59 Å². The first kappa shape index (κ1) is 22.9. The van der Waals surface area contributed by atoms with Crippen molar-refractivity contribution >= 4 is 5.97 Å². The Morgan fingerprint density at radius 3 is 2.33 bits per heavy atom. The summed E-state index contributed by atoms with van der Waals surface area (Å²) in [7, 11) is 0. The molecule has 0 atom stereocenters. The lowest BCUT2D eigenvalue weighted by Crippen LogP contribution is -2.29. The Balaban J connectivity index is 1.54. The monoisotopic (exact) mass is 446 g/mol. The van der Waals surface area contributed by atoms with Gasteiger partial charge < -0.3 is 9.84 Å². The molecular formula is C27H30N2O4. The van der Waals surface area contributed by atoms with Crippen molar-refractivity contribution in [2.45, 2.75) is 39.2 Å². The number of aryl methyl sites for hydroxylation is 1. The summed E-state index contributed by atoms with van der Waals surface area (Å²) in [5.41, 5.74) is 4.73. The zero-order valence-electron chi connectivity index (χ0n) is 18.9. The predicted molar refractivity (Wildman–Crippen MR) is 128 cm³/mol. The van der Waals surface area contributed by atoms with Gasteiger partial charge in [0.15, 0.2) is 0 Å². The van der Waals surface area contributed by atoms with E-state index in [1.165, 1.54) is 5.56 Å². The van der Waals surface area contributed by atoms with Crippen LogP contribution >= 0.6 is 0 Å². The van der Waals surface area contributed by atoms with E-state index in [1.807, 2.05) is 30.3 Å². The van der Waals surface area contributed by atoms with Gasteiger partial charge in [0.1, 0.15) is 6.61 Å². The minimum atomic E-state index is -0.933. The van der Waals surface area contributed by atoms with Crippen LogP contribution < -0.4 is 5.56 Å². The Morgan fingerprint density at radius 2 is 1.67 bits per heavy atom. The highest BCUT2D eigenvalue weighted by molar-refractivity contribution is 5.80. The largest absolute Gasteiger partial charge is 0.480 e. The van der Waals surface area contributed by atoms with Crippen LogP contribution in [0.4, 0.5) is 0 Å². The van der Waals surface area contributed by atoms with E-state index in [0.29, 0.717) is 25.0 Å². The number of benzene rings is 2. The summed E-state index contributed by atoms with van der Waals surface area (Å²) in [6.07, 6.45) is 3.92. The summed E-state index contributed by atoms with van der Waals surface area (Å²) < 4.78 is 6.89. The van der Waals surface area contributed by atoms with Gasteiger partial charge in [0.25, 0.3) is 5.56 Å². The Morgan fingerprint density at radius 1 is 1.00 bits per heavy atom. The van der Waals surface area contributed by atoms with Crippen LogP contribution in [-0.4, -0.2) is 34.1 Å². The average molecular weight is 447 g/mol. The van der Waals surface area contributed by atoms with Crippen molar-refractivity contribution < 1.29 is 14.6 Å². The molecule has 1 saturated carbocycles. The Bertz CT molecular complexity index is 1130. The molecule has 0 unspecified atom stereocenters. The van der Waals surface area contributed by atoms with E-state index in [-0.39, 0.29) is 12.2 Å². The van der Waals surface area contributed by atoms with Crippen molar-refractivity contribution in [3.63, 3.8) is 0 Å². The highest BCUT2D eigenvalue weighted by Gasteiger charge is 2.23. The fourth-order valence-electron chi connectivity index (χ4n) is 4.52. The molecule has 1 N–H and O–H groups in total. The van der Waals surface area contributed by atoms with Crippen LogP contribution in [-0.2, 0) is 16.1 Å². The van der Waals surface area contributed by atoms with Crippen LogP contribution in [0.15, 0.2) is 65.5 Å². The molecule has 172 valence electrons. The third-order valence-electron chi connectivity index (χ3n) is 6.38. The first-order valence-electron chi connectivity index (χ1n) is 11.5. The Hall–Kier alpha value is -3.25. The number of ether oxygens (including phenoxy) is 1. The SMILES string of the molecule is Cc1ccc(-c2nn(C[C@H]3CC[C@@H](COCC(=O)O)CC3)c(=O)cc2-c2ccccc2)cc1. The van der Waals surface area contributed by atoms with Gasteiger partial charge in [-0.15, -0.1) is 0 Å². The molecule has 33 heavy (non-hydrogen) atoms. The topological polar surface area (TPSA) is 81.4 Å². The maximum absolute atomic E-state index is 13.0. The van der Waals surface area contributed by atoms with Gasteiger partial charge in [0.05, 0.1) is 12.3 Å². The van der Waals surface area contributed by atoms with Crippen LogP contribution in [0.25, 0.3) is 22.4 Å². The van der Waals surface area contributed by atoms with Crippen molar-refractivity contribution in [1.82, 2.24) is 9.78 Å². The quantitative estimate of drug-likeness (QED) is 0.538. The highest BCUT2D eigenvalue weighted by atomic mass is 16.5. The number of aromatic nitrogens is 2. The number of hydrogen-bond donors (Lipinski definition) is 1. The standard InChI is InChI=1S/C27H30N2O4/c1-19-7-13-23(14-8-19)27-24(22-5-3-2-4-6-22)15-25(30)29(28-27)16-20-9-11-21(12-10-20)17-33-18-26(31)32/h2-8,13-15,20-21H,9-12,16-18H2,1H3,(H,31,32)/t20-,21+. The van der Waals surface area contributed by atoms with Gasteiger partial charge in [-0.1, -0.05) is 60.2 Å². The van der Waals surface area contributed by atoms with Gasteiger partial charge in [-0.05, 0) is 50.0 Å². The van der Waals surface area contributed by atoms with Crippen LogP contribution in [0, 0.1) is 18.8 Å². The first-order chi connectivity index (χ1) is 16.0. The molecule has 0 saturated heterocycles. The van der Waals surface area contributed by atoms with E-state index in [4.69, 9.17) is 14.9 Å². The van der Waals surface area contributed by atoms with E-state index in [2.05, 4.69) is 31.2 Å². The van der Waals surface area contributed by atoms with E-state index < -0.39 is 5.97 Å². The molecule has 1 heterocycles. The Kier molecular flexibility index (Phi) is 7.35. The molecule has 0 radical (unpaired) electrons. The van der Waals surface area contributed by atoms with Crippen LogP contribution in [0.5, 0.6) is 0 Å². The average Bonchev–Trinajstić information content (AvgIpc) is 2.82. The van der Waals surface area contributed by atoms with E-state index >= 15 is 0 Å². The number of nitrogens with zero attached hydrogens (tertiary/aromatic N) is 2. The van der Waals surface area contributed by atoms with Gasteiger partial charge in [-0.25, -0.2) is 9.48 Å². The Labute approximate surface area is 193 Å². The van der Waals surface area contributed by atoms with E-state index in [1.54, 1.807) is 10.7 Å². The zero-order chi connectivity index (χ0) is 23.2. The number of carboxylic acid groups (broad SMARTS) is 1. The lowest BCUT2D eigenvalue weighted by atomic mass is 9.82. The van der Waals surface area contributed by atoms with Crippen molar-refractivity contribution in [3.05, 3.63) is 76.6 Å². The molecule has 1 fully saturated rings. The summed E-state index contributed by atoms with van der Waals surface area (Å²) in [6, 6.07) is 19.9. The van der Waals surface area contributed by atoms with Gasteiger partial charge in [-0.3, -0.25) is 4.79 Å². The number of hydrogen-bond acceptors (Lipinski definition) is 4. The number of rotatable bonds is 8. The minimum absolute atomic E-state index is 0.0865. The fraction of sp³-hybridized carbons (Fsp3) is 0.370. The van der Waals surface area contributed by atoms with Gasteiger partial charge in [-0.2, -0.15) is 5.10 Å². The number of carbonyl (C=O) groups is 1. The molecule has 6 heteroatoms. The van der Waals surface area contributed by atoms with Gasteiger partial charge in [0, 0.05) is 23.7 Å². The maximum Gasteiger partial charge on any atom is 0.329 e. The summed E-state index contributed by atoms with van der Waals surface area (Å²) in [6.45, 7) is 2.89. The van der Waals surface area contributed by atoms with Crippen molar-refractivity contribution in [3.8, 4) is 22.4 Å². The second kappa shape index (κ2) is 10.6. The second-order valence-electron chi connectivity index (χ2n) is 8.95. The molecule has 4 rings (SSSR count). The number of aliphatic carboxylic acids is 1. The van der Waals surface area contributed by atoms with Crippen LogP contribution in [0.3, 0.4) is 0 Å². The molecule has 1 aromatic heterocycles. The van der Waals surface area contributed by atoms with Crippen molar-refractivity contribution in [2.24, 2.45) is 11.8 Å². The summed E-state index contributed by atoms with van der Waals surface area (Å²) in [5.74, 6) is -0.175. The van der Waals surface area contributed by atoms with Crippen LogP contribution in [0.1, 0.15) is 31.2 Å². The normalized spacial score (nSPS) is 18.2. The smallest absolute Gasteiger partial charge is 0.329 e. The highest BCUT2D eigenvalue weighted by Crippen LogP contribution is 2.32. The third-order valence-corrected chi connectivity index (χ3v) is 6.38. The maximum atomic E-state index is 13.0. The van der Waals surface area contributed by atoms with E-state index in [0.717, 1.165) is 48.1 Å². The lowest BCUT2D eigenvalue weighted by Gasteiger charge is -2.28. The van der Waals surface area contributed by atoms with Crippen molar-refractivity contribution in [2.75, 3.05) is 13.2 Å².